The Morgan fingerprint density at radius 2 is 2.23 bits per heavy atom. The van der Waals surface area contributed by atoms with Gasteiger partial charge in [0.05, 0.1) is 10.2 Å². The monoisotopic (exact) mass is 211 g/mol. The topological polar surface area (TPSA) is 42.4 Å². The molecule has 0 radical (unpaired) electrons. The summed E-state index contributed by atoms with van der Waals surface area (Å²) in [7, 11) is 0. The summed E-state index contributed by atoms with van der Waals surface area (Å²) in [4.78, 5) is 4.10. The predicted octanol–water partition coefficient (Wildman–Crippen LogP) is 2.52. The highest BCUT2D eigenvalue weighted by atomic mass is 32.1. The summed E-state index contributed by atoms with van der Waals surface area (Å²) in [6.07, 6.45) is 0. The van der Waals surface area contributed by atoms with Gasteiger partial charge in [0.25, 0.3) is 5.19 Å². The molecule has 0 unspecified atom stereocenters. The lowest BCUT2D eigenvalue weighted by atomic mass is 10.3. The molecule has 3 nitrogen and oxygen atoms in total. The number of fused-ring (bicyclic) bond motifs is 1. The number of nitrogens with zero attached hydrogens (tertiary/aromatic N) is 1. The van der Waals surface area contributed by atoms with Gasteiger partial charge in [0.15, 0.2) is 0 Å². The molecule has 0 spiro atoms. The lowest BCUT2D eigenvalue weighted by Gasteiger charge is -1.91. The van der Waals surface area contributed by atoms with E-state index in [0.717, 1.165) is 10.2 Å². The van der Waals surface area contributed by atoms with Crippen LogP contribution in [0, 0.1) is 0 Å². The molecule has 0 amide bonds. The maximum atomic E-state index is 8.71. The molecule has 2 rings (SSSR count). The van der Waals surface area contributed by atoms with Gasteiger partial charge in [0.1, 0.15) is 0 Å². The van der Waals surface area contributed by atoms with E-state index in [2.05, 4.69) is 17.2 Å². The third-order valence-corrected chi connectivity index (χ3v) is 2.45. The molecule has 0 saturated heterocycles. The second-order valence-electron chi connectivity index (χ2n) is 2.32. The van der Waals surface area contributed by atoms with Crippen molar-refractivity contribution in [1.82, 2.24) is 4.98 Å². The number of rotatable bonds is 1. The fraction of sp³-hybridized carbons (Fsp3) is 0. The summed E-state index contributed by atoms with van der Waals surface area (Å²) in [5.74, 6) is 0. The van der Waals surface area contributed by atoms with Gasteiger partial charge in [-0.15, -0.1) is 0 Å². The highest BCUT2D eigenvalue weighted by molar-refractivity contribution is 7.79. The van der Waals surface area contributed by atoms with Crippen LogP contribution in [0.3, 0.4) is 0 Å². The van der Waals surface area contributed by atoms with Crippen molar-refractivity contribution in [2.75, 3.05) is 0 Å². The quantitative estimate of drug-likeness (QED) is 0.736. The largest absolute Gasteiger partial charge is 0.472 e. The number of aliphatic hydroxyl groups excluding tert-OH is 1. The molecule has 0 aliphatic rings. The highest BCUT2D eigenvalue weighted by Crippen LogP contribution is 2.27. The summed E-state index contributed by atoms with van der Waals surface area (Å²) < 4.78 is 5.80. The molecule has 0 fully saturated rings. The standard InChI is InChI=1S/C8H5NO2S2/c10-8(12)11-7-9-5-3-1-2-4-6(5)13-7/h1-4H,(H,10,12). The van der Waals surface area contributed by atoms with Gasteiger partial charge in [0.2, 0.25) is 0 Å². The van der Waals surface area contributed by atoms with E-state index in [9.17, 15) is 0 Å². The summed E-state index contributed by atoms with van der Waals surface area (Å²) in [6.45, 7) is 0. The van der Waals surface area contributed by atoms with E-state index in [-0.39, 0.29) is 0 Å². The number of thiazole rings is 1. The lowest BCUT2D eigenvalue weighted by molar-refractivity contribution is 0.394. The molecule has 13 heavy (non-hydrogen) atoms. The van der Waals surface area contributed by atoms with Crippen LogP contribution >= 0.6 is 23.6 Å². The molecule has 0 bridgehead atoms. The Bertz CT molecular complexity index is 419. The van der Waals surface area contributed by atoms with E-state index in [4.69, 9.17) is 9.84 Å². The zero-order chi connectivity index (χ0) is 9.26. The van der Waals surface area contributed by atoms with Crippen molar-refractivity contribution in [1.29, 1.82) is 0 Å². The number of para-hydroxylation sites is 1. The molecule has 1 aromatic heterocycles. The Morgan fingerprint density at radius 3 is 2.92 bits per heavy atom. The number of aliphatic hydroxyl groups is 1. The van der Waals surface area contributed by atoms with Crippen molar-refractivity contribution in [3.8, 4) is 5.19 Å². The molecule has 1 heterocycles. The van der Waals surface area contributed by atoms with Crippen LogP contribution in [0.5, 0.6) is 5.19 Å². The van der Waals surface area contributed by atoms with Crippen molar-refractivity contribution in [3.63, 3.8) is 0 Å². The molecular formula is C8H5NO2S2. The second kappa shape index (κ2) is 3.27. The molecule has 1 aromatic carbocycles. The first-order valence-corrected chi connectivity index (χ1v) is 4.74. The SMILES string of the molecule is OC(=S)Oc1nc2ccccc2s1. The van der Waals surface area contributed by atoms with Crippen LogP contribution in [0.15, 0.2) is 24.3 Å². The molecule has 2 aromatic rings. The van der Waals surface area contributed by atoms with Crippen LogP contribution in [-0.2, 0) is 0 Å². The van der Waals surface area contributed by atoms with Crippen LogP contribution in [0.4, 0.5) is 0 Å². The van der Waals surface area contributed by atoms with Crippen molar-refractivity contribution in [2.24, 2.45) is 0 Å². The first-order valence-electron chi connectivity index (χ1n) is 3.52. The first-order chi connectivity index (χ1) is 6.25. The van der Waals surface area contributed by atoms with Crippen LogP contribution in [0.25, 0.3) is 10.2 Å². The third kappa shape index (κ3) is 1.76. The van der Waals surface area contributed by atoms with Crippen LogP contribution in [0.2, 0.25) is 0 Å². The van der Waals surface area contributed by atoms with Crippen LogP contribution in [-0.4, -0.2) is 15.3 Å². The second-order valence-corrected chi connectivity index (χ2v) is 3.66. The van der Waals surface area contributed by atoms with Gasteiger partial charge in [-0.05, 0) is 12.1 Å². The van der Waals surface area contributed by atoms with Gasteiger partial charge in [-0.25, -0.2) is 4.98 Å². The minimum Gasteiger partial charge on any atom is -0.472 e. The Morgan fingerprint density at radius 1 is 1.46 bits per heavy atom. The van der Waals surface area contributed by atoms with E-state index in [1.54, 1.807) is 0 Å². The Labute approximate surface area is 83.6 Å². The first kappa shape index (κ1) is 8.40. The fourth-order valence-electron chi connectivity index (χ4n) is 0.969. The zero-order valence-corrected chi connectivity index (χ0v) is 8.06. The van der Waals surface area contributed by atoms with Crippen molar-refractivity contribution < 1.29 is 9.84 Å². The Kier molecular flexibility index (Phi) is 2.12. The Hall–Kier alpha value is -1.20. The van der Waals surface area contributed by atoms with Gasteiger partial charge in [-0.2, -0.15) is 0 Å². The van der Waals surface area contributed by atoms with Crippen LogP contribution < -0.4 is 4.74 Å². The van der Waals surface area contributed by atoms with Gasteiger partial charge >= 0.3 is 5.24 Å². The minimum atomic E-state index is -0.501. The lowest BCUT2D eigenvalue weighted by Crippen LogP contribution is -2.01. The number of benzene rings is 1. The van der Waals surface area contributed by atoms with Gasteiger partial charge in [0, 0.05) is 12.2 Å². The van der Waals surface area contributed by atoms with E-state index in [1.165, 1.54) is 11.3 Å². The van der Waals surface area contributed by atoms with Crippen molar-refractivity contribution in [3.05, 3.63) is 24.3 Å². The normalized spacial score (nSPS) is 10.2. The molecule has 0 aliphatic heterocycles. The fourth-order valence-corrected chi connectivity index (χ4v) is 1.92. The molecular weight excluding hydrogens is 206 g/mol. The summed E-state index contributed by atoms with van der Waals surface area (Å²) in [5, 5.41) is 8.58. The summed E-state index contributed by atoms with van der Waals surface area (Å²) >= 11 is 5.73. The molecule has 0 saturated carbocycles. The molecule has 66 valence electrons. The van der Waals surface area contributed by atoms with Crippen molar-refractivity contribution >= 4 is 39.0 Å². The number of hydrogen-bond donors (Lipinski definition) is 1. The number of hydrogen-bond acceptors (Lipinski definition) is 4. The average molecular weight is 211 g/mol. The minimum absolute atomic E-state index is 0.369. The van der Waals surface area contributed by atoms with E-state index in [0.29, 0.717) is 5.19 Å². The summed E-state index contributed by atoms with van der Waals surface area (Å²) in [6, 6.07) is 7.62. The highest BCUT2D eigenvalue weighted by Gasteiger charge is 2.04. The van der Waals surface area contributed by atoms with Gasteiger partial charge < -0.3 is 9.84 Å². The smallest absolute Gasteiger partial charge is 0.357 e. The molecule has 0 atom stereocenters. The Balaban J connectivity index is 2.44. The van der Waals surface area contributed by atoms with Gasteiger partial charge in [-0.1, -0.05) is 23.5 Å². The molecule has 5 heteroatoms. The average Bonchev–Trinajstić information content (AvgIpc) is 2.44. The molecule has 1 N–H and O–H groups in total. The van der Waals surface area contributed by atoms with Gasteiger partial charge in [-0.3, -0.25) is 0 Å². The van der Waals surface area contributed by atoms with E-state index >= 15 is 0 Å². The maximum absolute atomic E-state index is 8.71. The third-order valence-electron chi connectivity index (χ3n) is 1.45. The number of ether oxygens (including phenoxy) is 1. The number of thiocarbonyl (C=S) groups is 1. The zero-order valence-electron chi connectivity index (χ0n) is 6.43. The van der Waals surface area contributed by atoms with E-state index < -0.39 is 5.24 Å². The molecule has 0 aliphatic carbocycles. The van der Waals surface area contributed by atoms with E-state index in [1.807, 2.05) is 24.3 Å². The maximum Gasteiger partial charge on any atom is 0.357 e. The van der Waals surface area contributed by atoms with Crippen LogP contribution in [0.1, 0.15) is 0 Å². The van der Waals surface area contributed by atoms with Crippen molar-refractivity contribution in [2.45, 2.75) is 0 Å². The number of aromatic nitrogens is 1. The summed E-state index contributed by atoms with van der Waals surface area (Å²) in [5.41, 5.74) is 0.846. The predicted molar refractivity (Wildman–Crippen MR) is 55.5 cm³/mol.